The first-order valence-corrected chi connectivity index (χ1v) is 8.16. The van der Waals surface area contributed by atoms with Gasteiger partial charge < -0.3 is 10.4 Å². The van der Waals surface area contributed by atoms with Gasteiger partial charge >= 0.3 is 0 Å². The number of hydrogen-bond acceptors (Lipinski definition) is 4. The second-order valence-electron chi connectivity index (χ2n) is 5.45. The topological polar surface area (TPSA) is 73.7 Å². The van der Waals surface area contributed by atoms with Crippen LogP contribution in [0.15, 0.2) is 60.2 Å². The van der Waals surface area contributed by atoms with E-state index in [2.05, 4.69) is 22.4 Å². The molecule has 0 fully saturated rings. The Morgan fingerprint density at radius 3 is 2.72 bits per heavy atom. The van der Waals surface area contributed by atoms with E-state index in [0.717, 1.165) is 11.3 Å². The predicted octanol–water partition coefficient (Wildman–Crippen LogP) is 3.72. The number of anilines is 1. The molecule has 0 aliphatic rings. The molecule has 0 saturated heterocycles. The molecule has 0 aliphatic carbocycles. The summed E-state index contributed by atoms with van der Waals surface area (Å²) < 4.78 is 0. The molecule has 3 N–H and O–H groups in total. The Labute approximate surface area is 152 Å². The first-order valence-electron chi connectivity index (χ1n) is 7.78. The number of carbonyl (C=O) groups excluding carboxylic acids is 1. The number of benzene rings is 2. The summed E-state index contributed by atoms with van der Waals surface area (Å²) in [6.45, 7) is 5.38. The Morgan fingerprint density at radius 2 is 2.04 bits per heavy atom. The lowest BCUT2D eigenvalue weighted by molar-refractivity contribution is -0.121. The molecule has 130 valence electrons. The highest BCUT2D eigenvalue weighted by Crippen LogP contribution is 2.21. The van der Waals surface area contributed by atoms with Crippen molar-refractivity contribution < 1.29 is 9.90 Å². The Kier molecular flexibility index (Phi) is 6.60. The summed E-state index contributed by atoms with van der Waals surface area (Å²) in [5.74, 6) is -0.166. The van der Waals surface area contributed by atoms with Crippen molar-refractivity contribution in [3.05, 3.63) is 71.3 Å². The van der Waals surface area contributed by atoms with E-state index in [-0.39, 0.29) is 11.7 Å². The maximum absolute atomic E-state index is 12.1. The number of allylic oxidation sites excluding steroid dienone is 1. The molecule has 2 aromatic rings. The number of hydrogen-bond donors (Lipinski definition) is 3. The molecule has 0 spiro atoms. The van der Waals surface area contributed by atoms with Crippen LogP contribution in [0.5, 0.6) is 5.75 Å². The summed E-state index contributed by atoms with van der Waals surface area (Å²) in [6, 6.07) is 11.9. The van der Waals surface area contributed by atoms with Crippen molar-refractivity contribution in [2.45, 2.75) is 19.4 Å². The molecule has 2 aromatic carbocycles. The predicted molar refractivity (Wildman–Crippen MR) is 102 cm³/mol. The number of hydrazone groups is 1. The normalized spacial score (nSPS) is 11.9. The van der Waals surface area contributed by atoms with E-state index < -0.39 is 6.04 Å². The third-order valence-corrected chi connectivity index (χ3v) is 3.77. The summed E-state index contributed by atoms with van der Waals surface area (Å²) in [7, 11) is 0. The number of para-hydroxylation sites is 1. The molecular weight excluding hydrogens is 338 g/mol. The highest BCUT2D eigenvalue weighted by Gasteiger charge is 2.11. The van der Waals surface area contributed by atoms with E-state index in [1.807, 2.05) is 12.1 Å². The quantitative estimate of drug-likeness (QED) is 0.401. The average molecular weight is 358 g/mol. The van der Waals surface area contributed by atoms with Crippen molar-refractivity contribution in [2.75, 3.05) is 5.32 Å². The number of phenolic OH excluding ortho intramolecular Hbond substituents is 1. The van der Waals surface area contributed by atoms with Gasteiger partial charge in [-0.15, -0.1) is 6.58 Å². The fraction of sp³-hybridized carbons (Fsp3) is 0.158. The fourth-order valence-corrected chi connectivity index (χ4v) is 2.29. The second kappa shape index (κ2) is 8.89. The lowest BCUT2D eigenvalue weighted by Gasteiger charge is -2.13. The van der Waals surface area contributed by atoms with Gasteiger partial charge in [0.25, 0.3) is 5.91 Å². The lowest BCUT2D eigenvalue weighted by atomic mass is 10.1. The summed E-state index contributed by atoms with van der Waals surface area (Å²) in [5, 5.41) is 17.7. The van der Waals surface area contributed by atoms with E-state index in [4.69, 9.17) is 11.6 Å². The SMILES string of the molecule is C=CCc1cccc(/C=N\NC(=O)[C@@H](C)Nc2ccc(Cl)cc2)c1O. The van der Waals surface area contributed by atoms with Crippen LogP contribution >= 0.6 is 11.6 Å². The van der Waals surface area contributed by atoms with Crippen LogP contribution in [0.4, 0.5) is 5.69 Å². The van der Waals surface area contributed by atoms with Crippen LogP contribution in [0.25, 0.3) is 0 Å². The molecule has 1 atom stereocenters. The molecule has 2 rings (SSSR count). The van der Waals surface area contributed by atoms with Gasteiger partial charge in [0.1, 0.15) is 11.8 Å². The first kappa shape index (κ1) is 18.5. The zero-order valence-electron chi connectivity index (χ0n) is 13.9. The number of nitrogens with one attached hydrogen (secondary N) is 2. The van der Waals surface area contributed by atoms with Crippen molar-refractivity contribution in [1.29, 1.82) is 0 Å². The molecule has 0 aromatic heterocycles. The summed E-state index contributed by atoms with van der Waals surface area (Å²) in [4.78, 5) is 12.1. The van der Waals surface area contributed by atoms with Gasteiger partial charge in [-0.05, 0) is 49.2 Å². The van der Waals surface area contributed by atoms with Crippen molar-refractivity contribution in [3.63, 3.8) is 0 Å². The minimum Gasteiger partial charge on any atom is -0.507 e. The maximum Gasteiger partial charge on any atom is 0.262 e. The molecule has 6 heteroatoms. The van der Waals surface area contributed by atoms with Crippen molar-refractivity contribution in [1.82, 2.24) is 5.43 Å². The largest absolute Gasteiger partial charge is 0.507 e. The molecule has 0 aliphatic heterocycles. The minimum atomic E-state index is -0.487. The highest BCUT2D eigenvalue weighted by atomic mass is 35.5. The fourth-order valence-electron chi connectivity index (χ4n) is 2.16. The van der Waals surface area contributed by atoms with Crippen LogP contribution in [0.1, 0.15) is 18.1 Å². The van der Waals surface area contributed by atoms with Crippen molar-refractivity contribution in [3.8, 4) is 5.75 Å². The van der Waals surface area contributed by atoms with Crippen LogP contribution in [-0.4, -0.2) is 23.3 Å². The van der Waals surface area contributed by atoms with Gasteiger partial charge in [-0.25, -0.2) is 5.43 Å². The number of halogens is 1. The monoisotopic (exact) mass is 357 g/mol. The third-order valence-electron chi connectivity index (χ3n) is 3.51. The van der Waals surface area contributed by atoms with Crippen molar-refractivity contribution in [2.24, 2.45) is 5.10 Å². The molecule has 0 saturated carbocycles. The zero-order valence-corrected chi connectivity index (χ0v) is 14.6. The Hall–Kier alpha value is -2.79. The van der Waals surface area contributed by atoms with Gasteiger partial charge in [0, 0.05) is 16.3 Å². The van der Waals surface area contributed by atoms with Crippen molar-refractivity contribution >= 4 is 29.4 Å². The number of nitrogens with zero attached hydrogens (tertiary/aromatic N) is 1. The standard InChI is InChI=1S/C19H20ClN3O2/c1-3-5-14-6-4-7-15(18(14)24)12-21-23-19(25)13(2)22-17-10-8-16(20)9-11-17/h3-4,6-13,22,24H,1,5H2,2H3,(H,23,25)/b21-12-/t13-/m1/s1. The van der Waals surface area contributed by atoms with Gasteiger partial charge in [-0.2, -0.15) is 5.10 Å². The molecule has 5 nitrogen and oxygen atoms in total. The Morgan fingerprint density at radius 1 is 1.32 bits per heavy atom. The smallest absolute Gasteiger partial charge is 0.262 e. The van der Waals surface area contributed by atoms with Gasteiger partial charge in [0.2, 0.25) is 0 Å². The molecule has 25 heavy (non-hydrogen) atoms. The minimum absolute atomic E-state index is 0.132. The second-order valence-corrected chi connectivity index (χ2v) is 5.89. The number of carbonyl (C=O) groups is 1. The molecule has 0 radical (unpaired) electrons. The number of amides is 1. The van der Waals surface area contributed by atoms with Crippen LogP contribution in [0.2, 0.25) is 5.02 Å². The molecule has 0 bridgehead atoms. The number of rotatable bonds is 7. The number of aromatic hydroxyl groups is 1. The lowest BCUT2D eigenvalue weighted by Crippen LogP contribution is -2.34. The zero-order chi connectivity index (χ0) is 18.2. The first-order chi connectivity index (χ1) is 12.0. The van der Waals surface area contributed by atoms with Gasteiger partial charge in [-0.3, -0.25) is 4.79 Å². The van der Waals surface area contributed by atoms with Crippen LogP contribution in [0.3, 0.4) is 0 Å². The van der Waals surface area contributed by atoms with Gasteiger partial charge in [0.05, 0.1) is 6.21 Å². The van der Waals surface area contributed by atoms with Crippen LogP contribution < -0.4 is 10.7 Å². The van der Waals surface area contributed by atoms with E-state index in [9.17, 15) is 9.90 Å². The third kappa shape index (κ3) is 5.36. The highest BCUT2D eigenvalue weighted by molar-refractivity contribution is 6.30. The van der Waals surface area contributed by atoms with Crippen LogP contribution in [0, 0.1) is 0 Å². The van der Waals surface area contributed by atoms with E-state index in [1.54, 1.807) is 43.3 Å². The summed E-state index contributed by atoms with van der Waals surface area (Å²) >= 11 is 5.83. The van der Waals surface area contributed by atoms with Gasteiger partial charge in [-0.1, -0.05) is 29.8 Å². The molecule has 0 unspecified atom stereocenters. The molecular formula is C19H20ClN3O2. The maximum atomic E-state index is 12.1. The van der Waals surface area contributed by atoms with Crippen LogP contribution in [-0.2, 0) is 11.2 Å². The summed E-state index contributed by atoms with van der Waals surface area (Å²) in [6.07, 6.45) is 3.68. The van der Waals surface area contributed by atoms with E-state index >= 15 is 0 Å². The Balaban J connectivity index is 1.94. The number of phenols is 1. The molecule has 1 amide bonds. The van der Waals surface area contributed by atoms with Gasteiger partial charge in [0.15, 0.2) is 0 Å². The Bertz CT molecular complexity index is 773. The van der Waals surface area contributed by atoms with E-state index in [1.165, 1.54) is 6.21 Å². The molecule has 0 heterocycles. The summed E-state index contributed by atoms with van der Waals surface area (Å²) in [5.41, 5.74) is 4.51. The average Bonchev–Trinajstić information content (AvgIpc) is 2.60. The van der Waals surface area contributed by atoms with E-state index in [0.29, 0.717) is 17.0 Å².